The number of carbonyl (C=O) groups is 3. The van der Waals surface area contributed by atoms with Crippen LogP contribution in [-0.4, -0.2) is 97.8 Å². The Morgan fingerprint density at radius 3 is 2.30 bits per heavy atom. The maximum Gasteiger partial charge on any atom is 0.408 e. The molecule has 0 radical (unpaired) electrons. The molecule has 230 valence electrons. The van der Waals surface area contributed by atoms with Crippen molar-refractivity contribution in [1.29, 1.82) is 0 Å². The molecule has 3 aliphatic rings. The lowest BCUT2D eigenvalue weighted by molar-refractivity contribution is -0.140. The number of hydrogen-bond donors (Lipinski definition) is 5. The molecule has 3 unspecified atom stereocenters. The normalized spacial score (nSPS) is 24.4. The third kappa shape index (κ3) is 8.89. The predicted molar refractivity (Wildman–Crippen MR) is 160 cm³/mol. The molecule has 0 bridgehead atoms. The quantitative estimate of drug-likeness (QED) is 0.226. The van der Waals surface area contributed by atoms with Crippen LogP contribution in [-0.2, 0) is 14.3 Å². The number of likely N-dealkylation sites (tertiary alicyclic amines) is 1. The van der Waals surface area contributed by atoms with Crippen molar-refractivity contribution in [1.82, 2.24) is 20.9 Å². The van der Waals surface area contributed by atoms with Crippen LogP contribution in [0.1, 0.15) is 86.0 Å². The fourth-order valence-corrected chi connectivity index (χ4v) is 9.28. The number of thioether (sulfide) groups is 2. The van der Waals surface area contributed by atoms with Gasteiger partial charge in [-0.3, -0.25) is 14.9 Å². The summed E-state index contributed by atoms with van der Waals surface area (Å²) in [6, 6.07) is -1.99. The van der Waals surface area contributed by atoms with E-state index >= 15 is 0 Å². The molecule has 1 aliphatic carbocycles. The van der Waals surface area contributed by atoms with E-state index in [-0.39, 0.29) is 15.9 Å². The number of likely N-dealkylation sites (N-methyl/N-ethyl adjacent to an activating group) is 1. The number of alkyl carbamates (subject to hydrolysis) is 1. The maximum absolute atomic E-state index is 14.3. The third-order valence-electron chi connectivity index (χ3n) is 7.84. The molecule has 2 heterocycles. The van der Waals surface area contributed by atoms with Crippen LogP contribution >= 0.6 is 23.5 Å². The lowest BCUT2D eigenvalue weighted by Gasteiger charge is -2.37. The van der Waals surface area contributed by atoms with Crippen molar-refractivity contribution < 1.29 is 29.3 Å². The second-order valence-corrected chi connectivity index (χ2v) is 15.4. The molecule has 1 saturated carbocycles. The highest BCUT2D eigenvalue weighted by Crippen LogP contribution is 2.52. The molecule has 3 amide bonds. The average molecular weight is 603 g/mol. The predicted octanol–water partition coefficient (Wildman–Crippen LogP) is 2.81. The summed E-state index contributed by atoms with van der Waals surface area (Å²) in [5.74, 6) is 1.24. The average Bonchev–Trinajstić information content (AvgIpc) is 3.52. The van der Waals surface area contributed by atoms with Crippen LogP contribution in [0.15, 0.2) is 0 Å². The van der Waals surface area contributed by atoms with Crippen LogP contribution in [0.4, 0.5) is 4.79 Å². The number of amides is 3. The largest absolute Gasteiger partial charge is 0.444 e. The van der Waals surface area contributed by atoms with Gasteiger partial charge in [-0.2, -0.15) is 0 Å². The molecular weight excluding hydrogens is 552 g/mol. The Morgan fingerprint density at radius 2 is 1.73 bits per heavy atom. The fraction of sp³-hybridized carbons (Fsp3) is 0.893. The van der Waals surface area contributed by atoms with Gasteiger partial charge in [0.25, 0.3) is 0 Å². The molecular formula is C28H50N4O6S2. The Balaban J connectivity index is 1.85. The minimum atomic E-state index is -1.33. The molecule has 0 aromatic heterocycles. The van der Waals surface area contributed by atoms with Gasteiger partial charge in [-0.05, 0) is 59.3 Å². The zero-order chi connectivity index (χ0) is 29.5. The van der Waals surface area contributed by atoms with Crippen molar-refractivity contribution in [2.24, 2.45) is 5.92 Å². The van der Waals surface area contributed by atoms with Gasteiger partial charge in [-0.25, -0.2) is 4.79 Å². The molecule has 40 heavy (non-hydrogen) atoms. The second-order valence-electron chi connectivity index (χ2n) is 12.2. The van der Waals surface area contributed by atoms with Gasteiger partial charge in [0.05, 0.1) is 10.1 Å². The van der Waals surface area contributed by atoms with E-state index in [2.05, 4.69) is 16.0 Å². The molecule has 5 atom stereocenters. The van der Waals surface area contributed by atoms with Crippen LogP contribution in [0.2, 0.25) is 0 Å². The van der Waals surface area contributed by atoms with E-state index in [1.165, 1.54) is 0 Å². The summed E-state index contributed by atoms with van der Waals surface area (Å²) in [6.45, 7) is 9.98. The van der Waals surface area contributed by atoms with E-state index in [1.54, 1.807) is 32.6 Å². The first-order chi connectivity index (χ1) is 18.9. The Bertz CT molecular complexity index is 860. The van der Waals surface area contributed by atoms with Gasteiger partial charge in [0.1, 0.15) is 24.0 Å². The van der Waals surface area contributed by atoms with E-state index < -0.39 is 48.1 Å². The number of aliphatic hydroxyl groups is 2. The van der Waals surface area contributed by atoms with Gasteiger partial charge in [0.2, 0.25) is 11.8 Å². The summed E-state index contributed by atoms with van der Waals surface area (Å²) >= 11 is 3.63. The van der Waals surface area contributed by atoms with Gasteiger partial charge in [0, 0.05) is 30.6 Å². The second kappa shape index (κ2) is 14.8. The summed E-state index contributed by atoms with van der Waals surface area (Å²) in [7, 11) is 0. The Kier molecular flexibility index (Phi) is 12.3. The maximum atomic E-state index is 14.3. The first kappa shape index (κ1) is 33.3. The molecule has 0 aromatic rings. The van der Waals surface area contributed by atoms with Crippen LogP contribution in [0.3, 0.4) is 0 Å². The Morgan fingerprint density at radius 1 is 1.07 bits per heavy atom. The van der Waals surface area contributed by atoms with Crippen molar-refractivity contribution in [3.8, 4) is 0 Å². The molecule has 0 aromatic carbocycles. The SMILES string of the molecule is CCCC(N[C@@H](O)[C@@H]1CC2(CN1C(=O)C(NC(=O)OC(C)(C)C)C1CCCCC1)SCCS2)C(O)C(=O)NCC. The van der Waals surface area contributed by atoms with E-state index in [0.717, 1.165) is 43.6 Å². The van der Waals surface area contributed by atoms with Gasteiger partial charge in [-0.1, -0.05) is 32.6 Å². The number of nitrogens with one attached hydrogen (secondary N) is 3. The smallest absolute Gasteiger partial charge is 0.408 e. The highest BCUT2D eigenvalue weighted by Gasteiger charge is 2.53. The molecule has 2 saturated heterocycles. The van der Waals surface area contributed by atoms with Crippen molar-refractivity contribution in [3.63, 3.8) is 0 Å². The van der Waals surface area contributed by atoms with Crippen LogP contribution in [0, 0.1) is 5.92 Å². The highest BCUT2D eigenvalue weighted by molar-refractivity contribution is 8.21. The molecule has 12 heteroatoms. The Labute approximate surface area is 247 Å². The zero-order valence-corrected chi connectivity index (χ0v) is 26.4. The first-order valence-corrected chi connectivity index (χ1v) is 16.8. The minimum absolute atomic E-state index is 0.00708. The van der Waals surface area contributed by atoms with Crippen molar-refractivity contribution >= 4 is 41.4 Å². The lowest BCUT2D eigenvalue weighted by atomic mass is 9.83. The minimum Gasteiger partial charge on any atom is -0.444 e. The van der Waals surface area contributed by atoms with E-state index in [0.29, 0.717) is 32.4 Å². The molecule has 10 nitrogen and oxygen atoms in total. The van der Waals surface area contributed by atoms with Gasteiger partial charge in [-0.15, -0.1) is 23.5 Å². The summed E-state index contributed by atoms with van der Waals surface area (Å²) in [5.41, 5.74) is -0.694. The number of carbonyl (C=O) groups excluding carboxylic acids is 3. The van der Waals surface area contributed by atoms with E-state index in [1.807, 2.05) is 30.4 Å². The number of ether oxygens (including phenoxy) is 1. The van der Waals surface area contributed by atoms with Crippen LogP contribution in [0.25, 0.3) is 0 Å². The molecule has 5 N–H and O–H groups in total. The highest BCUT2D eigenvalue weighted by atomic mass is 32.2. The summed E-state index contributed by atoms with van der Waals surface area (Å²) in [5, 5.41) is 30.9. The molecule has 3 rings (SSSR count). The van der Waals surface area contributed by atoms with Crippen molar-refractivity contribution in [2.75, 3.05) is 24.6 Å². The molecule has 3 fully saturated rings. The van der Waals surface area contributed by atoms with Crippen LogP contribution < -0.4 is 16.0 Å². The van der Waals surface area contributed by atoms with Crippen LogP contribution in [0.5, 0.6) is 0 Å². The number of rotatable bonds is 11. The number of nitrogens with zero attached hydrogens (tertiary/aromatic N) is 1. The molecule has 2 aliphatic heterocycles. The van der Waals surface area contributed by atoms with Gasteiger partial charge >= 0.3 is 6.09 Å². The topological polar surface area (TPSA) is 140 Å². The van der Waals surface area contributed by atoms with Crippen molar-refractivity contribution in [3.05, 3.63) is 0 Å². The summed E-state index contributed by atoms with van der Waals surface area (Å²) < 4.78 is 5.30. The first-order valence-electron chi connectivity index (χ1n) is 14.9. The van der Waals surface area contributed by atoms with Gasteiger partial charge < -0.3 is 30.5 Å². The standard InChI is InChI=1S/C28H50N4O6S2/c1-6-11-19(22(33)24(35)29-7-2)30-23(34)20-16-28(39-14-15-40-28)17-32(20)25(36)21(18-12-9-8-10-13-18)31-26(37)38-27(3,4)5/h18-23,30,33-34H,6-17H2,1-5H3,(H,29,35)(H,31,37)/t19?,20-,21?,22?,23-/m0/s1. The lowest BCUT2D eigenvalue weighted by Crippen LogP contribution is -2.60. The monoisotopic (exact) mass is 602 g/mol. The molecule has 1 spiro atoms. The summed E-state index contributed by atoms with van der Waals surface area (Å²) in [4.78, 5) is 41.3. The number of hydrogen-bond acceptors (Lipinski definition) is 9. The third-order valence-corrected chi connectivity index (χ3v) is 11.3. The number of aliphatic hydroxyl groups excluding tert-OH is 2. The van der Waals surface area contributed by atoms with E-state index in [4.69, 9.17) is 4.74 Å². The Hall–Kier alpha value is -1.21. The fourth-order valence-electron chi connectivity index (χ4n) is 6.00. The van der Waals surface area contributed by atoms with Gasteiger partial charge in [0.15, 0.2) is 0 Å². The summed E-state index contributed by atoms with van der Waals surface area (Å²) in [6.07, 6.45) is 3.47. The zero-order valence-electron chi connectivity index (χ0n) is 24.7. The van der Waals surface area contributed by atoms with E-state index in [9.17, 15) is 24.6 Å². The van der Waals surface area contributed by atoms with Crippen molar-refractivity contribution in [2.45, 2.75) is 126 Å².